The van der Waals surface area contributed by atoms with Gasteiger partial charge in [0, 0.05) is 26.4 Å². The van der Waals surface area contributed by atoms with E-state index in [1.165, 1.54) is 11.1 Å². The van der Waals surface area contributed by atoms with E-state index >= 15 is 0 Å². The molecule has 88 valence electrons. The highest BCUT2D eigenvalue weighted by Gasteiger charge is 2.07. The second-order valence-electron chi connectivity index (χ2n) is 3.58. The van der Waals surface area contributed by atoms with Crippen molar-refractivity contribution >= 4 is 5.91 Å². The topological polar surface area (TPSA) is 68.5 Å². The van der Waals surface area contributed by atoms with Gasteiger partial charge in [0.2, 0.25) is 5.88 Å². The summed E-state index contributed by atoms with van der Waals surface area (Å²) >= 11 is 0. The standard InChI is InChI=1S/C11H17N3O2/c1-14(2)11(15)9-4-5-10(13-8-9)16-7-3-6-12/h4-5,8H,3,6-7,12H2,1-2H3. The van der Waals surface area contributed by atoms with Crippen molar-refractivity contribution in [2.45, 2.75) is 6.42 Å². The van der Waals surface area contributed by atoms with Gasteiger partial charge in [0.1, 0.15) is 0 Å². The Morgan fingerprint density at radius 1 is 1.50 bits per heavy atom. The molecule has 0 saturated carbocycles. The third kappa shape index (κ3) is 3.51. The maximum absolute atomic E-state index is 11.5. The molecule has 16 heavy (non-hydrogen) atoms. The van der Waals surface area contributed by atoms with Crippen LogP contribution in [-0.4, -0.2) is 43.0 Å². The van der Waals surface area contributed by atoms with Crippen LogP contribution in [0.3, 0.4) is 0 Å². The van der Waals surface area contributed by atoms with Crippen molar-refractivity contribution in [2.75, 3.05) is 27.2 Å². The smallest absolute Gasteiger partial charge is 0.254 e. The van der Waals surface area contributed by atoms with E-state index in [9.17, 15) is 4.79 Å². The lowest BCUT2D eigenvalue weighted by Crippen LogP contribution is -2.21. The number of ether oxygens (including phenoxy) is 1. The Morgan fingerprint density at radius 2 is 2.25 bits per heavy atom. The van der Waals surface area contributed by atoms with Crippen LogP contribution < -0.4 is 10.5 Å². The summed E-state index contributed by atoms with van der Waals surface area (Å²) in [6.45, 7) is 1.14. The lowest BCUT2D eigenvalue weighted by Gasteiger charge is -2.10. The summed E-state index contributed by atoms with van der Waals surface area (Å²) in [4.78, 5) is 17.1. The Bertz CT molecular complexity index is 336. The quantitative estimate of drug-likeness (QED) is 0.738. The van der Waals surface area contributed by atoms with Crippen molar-refractivity contribution in [3.63, 3.8) is 0 Å². The van der Waals surface area contributed by atoms with Gasteiger partial charge in [-0.25, -0.2) is 4.98 Å². The van der Waals surface area contributed by atoms with Gasteiger partial charge in [0.05, 0.1) is 12.2 Å². The van der Waals surface area contributed by atoms with Crippen LogP contribution >= 0.6 is 0 Å². The van der Waals surface area contributed by atoms with Gasteiger partial charge in [-0.15, -0.1) is 0 Å². The van der Waals surface area contributed by atoms with Crippen LogP contribution in [0.15, 0.2) is 18.3 Å². The molecule has 0 atom stereocenters. The number of carbonyl (C=O) groups excluding carboxylic acids is 1. The van der Waals surface area contributed by atoms with Crippen molar-refractivity contribution in [2.24, 2.45) is 5.73 Å². The Labute approximate surface area is 95.2 Å². The fourth-order valence-corrected chi connectivity index (χ4v) is 1.11. The molecule has 0 unspecified atom stereocenters. The highest BCUT2D eigenvalue weighted by molar-refractivity contribution is 5.93. The molecule has 0 radical (unpaired) electrons. The van der Waals surface area contributed by atoms with Gasteiger partial charge >= 0.3 is 0 Å². The molecule has 0 aliphatic rings. The normalized spacial score (nSPS) is 9.94. The molecule has 1 aromatic heterocycles. The van der Waals surface area contributed by atoms with Crippen LogP contribution in [0, 0.1) is 0 Å². The molecule has 5 nitrogen and oxygen atoms in total. The predicted octanol–water partition coefficient (Wildman–Crippen LogP) is 0.511. The Kier molecular flexibility index (Phi) is 4.72. The van der Waals surface area contributed by atoms with Crippen molar-refractivity contribution in [3.05, 3.63) is 23.9 Å². The number of nitrogens with zero attached hydrogens (tertiary/aromatic N) is 2. The van der Waals surface area contributed by atoms with E-state index in [0.717, 1.165) is 6.42 Å². The van der Waals surface area contributed by atoms with Crippen molar-refractivity contribution < 1.29 is 9.53 Å². The van der Waals surface area contributed by atoms with Crippen LogP contribution in [0.4, 0.5) is 0 Å². The highest BCUT2D eigenvalue weighted by atomic mass is 16.5. The summed E-state index contributed by atoms with van der Waals surface area (Å²) in [5.74, 6) is 0.449. The number of amides is 1. The summed E-state index contributed by atoms with van der Waals surface area (Å²) in [6.07, 6.45) is 2.31. The lowest BCUT2D eigenvalue weighted by atomic mass is 10.2. The maximum Gasteiger partial charge on any atom is 0.254 e. The lowest BCUT2D eigenvalue weighted by molar-refractivity contribution is 0.0827. The molecule has 2 N–H and O–H groups in total. The average Bonchev–Trinajstić information content (AvgIpc) is 2.29. The fraction of sp³-hybridized carbons (Fsp3) is 0.455. The predicted molar refractivity (Wildman–Crippen MR) is 61.4 cm³/mol. The first-order chi connectivity index (χ1) is 7.65. The van der Waals surface area contributed by atoms with Gasteiger partial charge in [-0.1, -0.05) is 0 Å². The molecular formula is C11H17N3O2. The van der Waals surface area contributed by atoms with E-state index in [-0.39, 0.29) is 5.91 Å². The highest BCUT2D eigenvalue weighted by Crippen LogP contribution is 2.08. The summed E-state index contributed by atoms with van der Waals surface area (Å²) in [6, 6.07) is 3.39. The van der Waals surface area contributed by atoms with Gasteiger partial charge in [0.25, 0.3) is 5.91 Å². The third-order valence-corrected chi connectivity index (χ3v) is 1.99. The van der Waals surface area contributed by atoms with Crippen molar-refractivity contribution in [3.8, 4) is 5.88 Å². The van der Waals surface area contributed by atoms with Crippen LogP contribution in [0.25, 0.3) is 0 Å². The second-order valence-corrected chi connectivity index (χ2v) is 3.58. The monoisotopic (exact) mass is 223 g/mol. The van der Waals surface area contributed by atoms with E-state index < -0.39 is 0 Å². The molecule has 1 aromatic rings. The molecule has 1 amide bonds. The first-order valence-corrected chi connectivity index (χ1v) is 5.15. The molecule has 1 rings (SSSR count). The SMILES string of the molecule is CN(C)C(=O)c1ccc(OCCCN)nc1. The number of pyridine rings is 1. The zero-order valence-electron chi connectivity index (χ0n) is 9.64. The number of nitrogens with two attached hydrogens (primary N) is 1. The van der Waals surface area contributed by atoms with Crippen molar-refractivity contribution in [1.82, 2.24) is 9.88 Å². The molecule has 0 fully saturated rings. The van der Waals surface area contributed by atoms with Crippen LogP contribution in [0.1, 0.15) is 16.8 Å². The summed E-state index contributed by atoms with van der Waals surface area (Å²) in [5.41, 5.74) is 5.89. The molecular weight excluding hydrogens is 206 g/mol. The fourth-order valence-electron chi connectivity index (χ4n) is 1.11. The minimum Gasteiger partial charge on any atom is -0.478 e. The third-order valence-electron chi connectivity index (χ3n) is 1.99. The number of carbonyl (C=O) groups is 1. The van der Waals surface area contributed by atoms with E-state index in [1.54, 1.807) is 26.2 Å². The molecule has 0 spiro atoms. The molecule has 1 heterocycles. The largest absolute Gasteiger partial charge is 0.478 e. The zero-order valence-corrected chi connectivity index (χ0v) is 9.64. The second kappa shape index (κ2) is 6.07. The van der Waals surface area contributed by atoms with E-state index in [4.69, 9.17) is 10.5 Å². The molecule has 0 aliphatic carbocycles. The van der Waals surface area contributed by atoms with Gasteiger partial charge in [-0.3, -0.25) is 4.79 Å². The number of rotatable bonds is 5. The minimum absolute atomic E-state index is 0.0685. The summed E-state index contributed by atoms with van der Waals surface area (Å²) < 4.78 is 5.33. The number of hydrogen-bond acceptors (Lipinski definition) is 4. The Balaban J connectivity index is 2.57. The first-order valence-electron chi connectivity index (χ1n) is 5.15. The molecule has 5 heteroatoms. The van der Waals surface area contributed by atoms with Crippen LogP contribution in [0.5, 0.6) is 5.88 Å². The van der Waals surface area contributed by atoms with Crippen molar-refractivity contribution in [1.29, 1.82) is 0 Å². The molecule has 0 aromatic carbocycles. The maximum atomic E-state index is 11.5. The first kappa shape index (κ1) is 12.4. The van der Waals surface area contributed by atoms with Gasteiger partial charge in [-0.05, 0) is 19.0 Å². The van der Waals surface area contributed by atoms with E-state index in [2.05, 4.69) is 4.98 Å². The number of hydrogen-bond donors (Lipinski definition) is 1. The van der Waals surface area contributed by atoms with Crippen LogP contribution in [-0.2, 0) is 0 Å². The summed E-state index contributed by atoms with van der Waals surface area (Å²) in [7, 11) is 3.40. The minimum atomic E-state index is -0.0685. The summed E-state index contributed by atoms with van der Waals surface area (Å²) in [5, 5.41) is 0. The van der Waals surface area contributed by atoms with Gasteiger partial charge < -0.3 is 15.4 Å². The Morgan fingerprint density at radius 3 is 2.75 bits per heavy atom. The van der Waals surface area contributed by atoms with Gasteiger partial charge in [0.15, 0.2) is 0 Å². The van der Waals surface area contributed by atoms with Gasteiger partial charge in [-0.2, -0.15) is 0 Å². The van der Waals surface area contributed by atoms with E-state index in [0.29, 0.717) is 24.6 Å². The van der Waals surface area contributed by atoms with E-state index in [1.807, 2.05) is 0 Å². The molecule has 0 saturated heterocycles. The zero-order chi connectivity index (χ0) is 12.0. The Hall–Kier alpha value is -1.62. The number of aromatic nitrogens is 1. The molecule has 0 bridgehead atoms. The average molecular weight is 223 g/mol. The molecule has 0 aliphatic heterocycles. The van der Waals surface area contributed by atoms with Crippen LogP contribution in [0.2, 0.25) is 0 Å².